The van der Waals surface area contributed by atoms with Gasteiger partial charge >= 0.3 is 0 Å². The largest absolute Gasteiger partial charge is 0.273 e. The van der Waals surface area contributed by atoms with Crippen molar-refractivity contribution in [1.29, 1.82) is 0 Å². The average molecular weight is 236 g/mol. The van der Waals surface area contributed by atoms with E-state index in [2.05, 4.69) is 23.6 Å². The molecule has 2 rings (SSSR count). The van der Waals surface area contributed by atoms with E-state index in [1.54, 1.807) is 0 Å². The van der Waals surface area contributed by atoms with Gasteiger partial charge in [0.15, 0.2) is 0 Å². The van der Waals surface area contributed by atoms with Crippen LogP contribution in [0.3, 0.4) is 0 Å². The van der Waals surface area contributed by atoms with Gasteiger partial charge < -0.3 is 0 Å². The van der Waals surface area contributed by atoms with Crippen LogP contribution in [0.1, 0.15) is 44.6 Å². The van der Waals surface area contributed by atoms with Crippen molar-refractivity contribution in [3.05, 3.63) is 18.0 Å². The molecule has 4 nitrogen and oxygen atoms in total. The number of nitrogens with zero attached hydrogens (tertiary/aromatic N) is 2. The van der Waals surface area contributed by atoms with Gasteiger partial charge in [-0.1, -0.05) is 19.3 Å². The van der Waals surface area contributed by atoms with Gasteiger partial charge in [0.2, 0.25) is 0 Å². The smallest absolute Gasteiger partial charge is 0.0522 e. The molecule has 1 heterocycles. The van der Waals surface area contributed by atoms with Crippen LogP contribution >= 0.6 is 0 Å². The second-order valence-corrected chi connectivity index (χ2v) is 5.08. The molecule has 1 aromatic heterocycles. The van der Waals surface area contributed by atoms with Crippen molar-refractivity contribution < 1.29 is 0 Å². The van der Waals surface area contributed by atoms with Crippen molar-refractivity contribution in [2.75, 3.05) is 0 Å². The Bertz CT molecular complexity index is 328. The van der Waals surface area contributed by atoms with Crippen LogP contribution in [0.2, 0.25) is 0 Å². The third kappa shape index (κ3) is 3.30. The Morgan fingerprint density at radius 2 is 2.24 bits per heavy atom. The summed E-state index contributed by atoms with van der Waals surface area (Å²) in [5.41, 5.74) is 4.30. The molecule has 1 aliphatic carbocycles. The Morgan fingerprint density at radius 1 is 1.47 bits per heavy atom. The van der Waals surface area contributed by atoms with Gasteiger partial charge in [-0.25, -0.2) is 0 Å². The summed E-state index contributed by atoms with van der Waals surface area (Å²) < 4.78 is 1.98. The zero-order valence-electron chi connectivity index (χ0n) is 10.7. The summed E-state index contributed by atoms with van der Waals surface area (Å²) >= 11 is 0. The molecule has 0 radical (unpaired) electrons. The Balaban J connectivity index is 1.93. The van der Waals surface area contributed by atoms with Crippen molar-refractivity contribution in [2.45, 2.75) is 58.0 Å². The fourth-order valence-corrected chi connectivity index (χ4v) is 2.84. The average Bonchev–Trinajstić information content (AvgIpc) is 2.84. The number of nitrogens with one attached hydrogen (secondary N) is 1. The second-order valence-electron chi connectivity index (χ2n) is 5.08. The van der Waals surface area contributed by atoms with Crippen molar-refractivity contribution in [3.8, 4) is 0 Å². The Hall–Kier alpha value is -0.870. The quantitative estimate of drug-likeness (QED) is 0.606. The lowest BCUT2D eigenvalue weighted by Gasteiger charge is -2.29. The van der Waals surface area contributed by atoms with Gasteiger partial charge in [0.05, 0.1) is 6.20 Å². The van der Waals surface area contributed by atoms with Gasteiger partial charge in [-0.05, 0) is 37.7 Å². The summed E-state index contributed by atoms with van der Waals surface area (Å²) in [5, 5.41) is 4.32. The molecular formula is C13H24N4. The molecule has 0 aliphatic heterocycles. The molecule has 96 valence electrons. The van der Waals surface area contributed by atoms with Crippen molar-refractivity contribution in [1.82, 2.24) is 15.2 Å². The fraction of sp³-hybridized carbons (Fsp3) is 0.769. The highest BCUT2D eigenvalue weighted by Crippen LogP contribution is 2.27. The predicted octanol–water partition coefficient (Wildman–Crippen LogP) is 1.86. The van der Waals surface area contributed by atoms with Gasteiger partial charge in [0, 0.05) is 18.8 Å². The normalized spacial score (nSPS) is 19.4. The van der Waals surface area contributed by atoms with Crippen LogP contribution in [0.4, 0.5) is 0 Å². The topological polar surface area (TPSA) is 55.9 Å². The highest BCUT2D eigenvalue weighted by molar-refractivity contribution is 5.06. The summed E-state index contributed by atoms with van der Waals surface area (Å²) in [5.74, 6) is 6.45. The van der Waals surface area contributed by atoms with E-state index in [1.807, 2.05) is 10.9 Å². The van der Waals surface area contributed by atoms with Gasteiger partial charge in [0.25, 0.3) is 0 Å². The maximum absolute atomic E-state index is 5.71. The lowest BCUT2D eigenvalue weighted by molar-refractivity contribution is 0.268. The molecule has 0 aromatic carbocycles. The third-order valence-electron chi connectivity index (χ3n) is 3.90. The predicted molar refractivity (Wildman–Crippen MR) is 69.3 cm³/mol. The van der Waals surface area contributed by atoms with Crippen LogP contribution in [-0.2, 0) is 13.0 Å². The van der Waals surface area contributed by atoms with E-state index in [1.165, 1.54) is 37.7 Å². The summed E-state index contributed by atoms with van der Waals surface area (Å²) in [7, 11) is 0. The SMILES string of the molecule is CCn1cc(CC(NN)C2CCCCC2)cn1. The van der Waals surface area contributed by atoms with Crippen LogP contribution < -0.4 is 11.3 Å². The Morgan fingerprint density at radius 3 is 2.82 bits per heavy atom. The van der Waals surface area contributed by atoms with E-state index in [4.69, 9.17) is 5.84 Å². The van der Waals surface area contributed by atoms with Crippen LogP contribution in [0.15, 0.2) is 12.4 Å². The zero-order valence-corrected chi connectivity index (χ0v) is 10.7. The van der Waals surface area contributed by atoms with E-state index in [0.29, 0.717) is 6.04 Å². The van der Waals surface area contributed by atoms with Crippen LogP contribution in [0.25, 0.3) is 0 Å². The zero-order chi connectivity index (χ0) is 12.1. The second kappa shape index (κ2) is 6.17. The molecule has 1 saturated carbocycles. The maximum atomic E-state index is 5.71. The number of hydrogen-bond acceptors (Lipinski definition) is 3. The molecule has 4 heteroatoms. The summed E-state index contributed by atoms with van der Waals surface area (Å²) in [6.07, 6.45) is 11.8. The van der Waals surface area contributed by atoms with Crippen molar-refractivity contribution in [2.24, 2.45) is 11.8 Å². The van der Waals surface area contributed by atoms with Gasteiger partial charge in [-0.2, -0.15) is 5.10 Å². The molecule has 17 heavy (non-hydrogen) atoms. The summed E-state index contributed by atoms with van der Waals surface area (Å²) in [4.78, 5) is 0. The number of nitrogens with two attached hydrogens (primary N) is 1. The minimum atomic E-state index is 0.407. The first-order valence-electron chi connectivity index (χ1n) is 6.81. The fourth-order valence-electron chi connectivity index (χ4n) is 2.84. The van der Waals surface area contributed by atoms with E-state index < -0.39 is 0 Å². The first-order chi connectivity index (χ1) is 8.33. The van der Waals surface area contributed by atoms with Gasteiger partial charge in [0.1, 0.15) is 0 Å². The highest BCUT2D eigenvalue weighted by Gasteiger charge is 2.23. The number of aryl methyl sites for hydroxylation is 1. The van der Waals surface area contributed by atoms with Crippen LogP contribution in [0.5, 0.6) is 0 Å². The lowest BCUT2D eigenvalue weighted by atomic mass is 9.82. The Labute approximate surface area is 104 Å². The third-order valence-corrected chi connectivity index (χ3v) is 3.90. The minimum absolute atomic E-state index is 0.407. The van der Waals surface area contributed by atoms with Crippen molar-refractivity contribution in [3.63, 3.8) is 0 Å². The molecular weight excluding hydrogens is 212 g/mol. The van der Waals surface area contributed by atoms with Gasteiger partial charge in [-0.3, -0.25) is 16.0 Å². The molecule has 1 unspecified atom stereocenters. The van der Waals surface area contributed by atoms with E-state index in [0.717, 1.165) is 18.9 Å². The van der Waals surface area contributed by atoms with Crippen LogP contribution in [-0.4, -0.2) is 15.8 Å². The monoisotopic (exact) mass is 236 g/mol. The molecule has 3 N–H and O–H groups in total. The van der Waals surface area contributed by atoms with Gasteiger partial charge in [-0.15, -0.1) is 0 Å². The first kappa shape index (κ1) is 12.6. The lowest BCUT2D eigenvalue weighted by Crippen LogP contribution is -2.43. The number of aromatic nitrogens is 2. The standard InChI is InChI=1S/C13H24N4/c1-2-17-10-11(9-15-17)8-13(16-14)12-6-4-3-5-7-12/h9-10,12-13,16H,2-8,14H2,1H3. The summed E-state index contributed by atoms with van der Waals surface area (Å²) in [6.45, 7) is 3.04. The molecule has 0 spiro atoms. The van der Waals surface area contributed by atoms with E-state index in [-0.39, 0.29) is 0 Å². The minimum Gasteiger partial charge on any atom is -0.273 e. The molecule has 1 atom stereocenters. The molecule has 0 amide bonds. The van der Waals surface area contributed by atoms with E-state index >= 15 is 0 Å². The number of hydrazine groups is 1. The molecule has 0 saturated heterocycles. The first-order valence-corrected chi connectivity index (χ1v) is 6.81. The maximum Gasteiger partial charge on any atom is 0.0522 e. The number of hydrogen-bond donors (Lipinski definition) is 2. The van der Waals surface area contributed by atoms with E-state index in [9.17, 15) is 0 Å². The Kier molecular flexibility index (Phi) is 4.57. The van der Waals surface area contributed by atoms with Crippen LogP contribution in [0, 0.1) is 5.92 Å². The highest BCUT2D eigenvalue weighted by atomic mass is 15.3. The molecule has 1 aromatic rings. The molecule has 1 aliphatic rings. The molecule has 1 fully saturated rings. The number of rotatable bonds is 5. The summed E-state index contributed by atoms with van der Waals surface area (Å²) in [6, 6.07) is 0.407. The molecule has 0 bridgehead atoms. The van der Waals surface area contributed by atoms with Crippen molar-refractivity contribution >= 4 is 0 Å².